The Balaban J connectivity index is 1.27. The molecule has 2 aliphatic rings. The van der Waals surface area contributed by atoms with Crippen LogP contribution < -0.4 is 4.90 Å². The third-order valence-electron chi connectivity index (χ3n) is 6.68. The van der Waals surface area contributed by atoms with Gasteiger partial charge in [-0.05, 0) is 44.0 Å². The van der Waals surface area contributed by atoms with Crippen LogP contribution in [0.5, 0.6) is 0 Å². The molecule has 0 radical (unpaired) electrons. The Morgan fingerprint density at radius 3 is 2.55 bits per heavy atom. The van der Waals surface area contributed by atoms with Gasteiger partial charge in [0, 0.05) is 69.7 Å². The Bertz CT molecular complexity index is 891. The Hall–Kier alpha value is -2.73. The van der Waals surface area contributed by atoms with E-state index < -0.39 is 0 Å². The number of rotatable bonds is 6. The number of likely N-dealkylation sites (tertiary alicyclic amines) is 1. The predicted octanol–water partition coefficient (Wildman–Crippen LogP) is 2.91. The van der Waals surface area contributed by atoms with Crippen molar-refractivity contribution in [2.45, 2.75) is 38.6 Å². The molecule has 2 aliphatic heterocycles. The molecule has 0 bridgehead atoms. The van der Waals surface area contributed by atoms with E-state index in [1.165, 1.54) is 0 Å². The van der Waals surface area contributed by atoms with Crippen molar-refractivity contribution >= 4 is 17.5 Å². The van der Waals surface area contributed by atoms with E-state index in [-0.39, 0.29) is 23.8 Å². The van der Waals surface area contributed by atoms with Gasteiger partial charge in [-0.1, -0.05) is 23.8 Å². The van der Waals surface area contributed by atoms with E-state index in [1.807, 2.05) is 61.5 Å². The quantitative estimate of drug-likeness (QED) is 0.721. The predicted molar refractivity (Wildman–Crippen MR) is 122 cm³/mol. The second-order valence-corrected chi connectivity index (χ2v) is 8.83. The fourth-order valence-electron chi connectivity index (χ4n) is 4.66. The highest BCUT2D eigenvalue weighted by Gasteiger charge is 2.38. The fraction of sp³-hybridized carbons (Fsp3) is 0.480. The average Bonchev–Trinajstić information content (AvgIpc) is 3.20. The summed E-state index contributed by atoms with van der Waals surface area (Å²) < 4.78 is 0. The van der Waals surface area contributed by atoms with Gasteiger partial charge in [-0.2, -0.15) is 0 Å². The number of aryl methyl sites for hydroxylation is 1. The fourth-order valence-corrected chi connectivity index (χ4v) is 4.66. The number of carbonyl (C=O) groups is 2. The zero-order valence-corrected chi connectivity index (χ0v) is 18.5. The maximum Gasteiger partial charge on any atom is 0.228 e. The number of pyridine rings is 1. The second-order valence-electron chi connectivity index (χ2n) is 8.83. The van der Waals surface area contributed by atoms with E-state index in [0.717, 1.165) is 55.8 Å². The molecule has 2 saturated heterocycles. The lowest BCUT2D eigenvalue weighted by Crippen LogP contribution is -2.48. The minimum absolute atomic E-state index is 0.0416. The maximum absolute atomic E-state index is 13.1. The Morgan fingerprint density at radius 2 is 1.87 bits per heavy atom. The number of piperidine rings is 1. The van der Waals surface area contributed by atoms with E-state index in [1.54, 1.807) is 4.90 Å². The summed E-state index contributed by atoms with van der Waals surface area (Å²) in [5.74, 6) is -0.101. The zero-order valence-electron chi connectivity index (χ0n) is 18.5. The van der Waals surface area contributed by atoms with Crippen LogP contribution in [0.25, 0.3) is 0 Å². The molecular formula is C25H32N4O2. The maximum atomic E-state index is 13.1. The first-order valence-electron chi connectivity index (χ1n) is 11.3. The minimum Gasteiger partial charge on any atom is -0.342 e. The molecule has 6 nitrogen and oxygen atoms in total. The van der Waals surface area contributed by atoms with Crippen LogP contribution in [-0.4, -0.2) is 65.9 Å². The highest BCUT2D eigenvalue weighted by molar-refractivity contribution is 6.00. The average molecular weight is 421 g/mol. The summed E-state index contributed by atoms with van der Waals surface area (Å²) in [7, 11) is 1.91. The zero-order chi connectivity index (χ0) is 21.8. The smallest absolute Gasteiger partial charge is 0.228 e. The lowest BCUT2D eigenvalue weighted by Gasteiger charge is -2.37. The van der Waals surface area contributed by atoms with Crippen molar-refractivity contribution in [3.63, 3.8) is 0 Å². The first kappa shape index (κ1) is 21.5. The molecule has 2 aromatic rings. The van der Waals surface area contributed by atoms with Crippen LogP contribution in [0.15, 0.2) is 48.7 Å². The molecule has 1 atom stereocenters. The van der Waals surface area contributed by atoms with Gasteiger partial charge in [0.25, 0.3) is 0 Å². The van der Waals surface area contributed by atoms with Crippen molar-refractivity contribution in [2.75, 3.05) is 38.1 Å². The van der Waals surface area contributed by atoms with Gasteiger partial charge >= 0.3 is 0 Å². The molecule has 0 saturated carbocycles. The van der Waals surface area contributed by atoms with Gasteiger partial charge in [0.1, 0.15) is 0 Å². The van der Waals surface area contributed by atoms with E-state index in [2.05, 4.69) is 16.0 Å². The van der Waals surface area contributed by atoms with Gasteiger partial charge < -0.3 is 14.7 Å². The number of benzene rings is 1. The van der Waals surface area contributed by atoms with Gasteiger partial charge in [-0.25, -0.2) is 0 Å². The highest BCUT2D eigenvalue weighted by Crippen LogP contribution is 2.28. The summed E-state index contributed by atoms with van der Waals surface area (Å²) in [5, 5.41) is 0. The molecule has 0 aliphatic carbocycles. The van der Waals surface area contributed by atoms with Gasteiger partial charge in [0.15, 0.2) is 0 Å². The SMILES string of the molecule is Cc1ccc(N2CC(C(=O)N(C)C3CCN(CCc4ccccn4)CC3)CC2=O)cc1. The van der Waals surface area contributed by atoms with Crippen molar-refractivity contribution in [1.82, 2.24) is 14.8 Å². The molecule has 164 valence electrons. The molecular weight excluding hydrogens is 388 g/mol. The largest absolute Gasteiger partial charge is 0.342 e. The lowest BCUT2D eigenvalue weighted by atomic mass is 10.00. The molecule has 1 aromatic heterocycles. The molecule has 1 unspecified atom stereocenters. The topological polar surface area (TPSA) is 56.8 Å². The third-order valence-corrected chi connectivity index (χ3v) is 6.68. The summed E-state index contributed by atoms with van der Waals surface area (Å²) in [6.07, 6.45) is 5.06. The highest BCUT2D eigenvalue weighted by atomic mass is 16.2. The van der Waals surface area contributed by atoms with E-state index in [9.17, 15) is 9.59 Å². The molecule has 1 aromatic carbocycles. The molecule has 0 N–H and O–H groups in total. The van der Waals surface area contributed by atoms with E-state index >= 15 is 0 Å². The summed E-state index contributed by atoms with van der Waals surface area (Å²) >= 11 is 0. The molecule has 4 rings (SSSR count). The van der Waals surface area contributed by atoms with Crippen molar-refractivity contribution in [3.8, 4) is 0 Å². The first-order valence-corrected chi connectivity index (χ1v) is 11.3. The summed E-state index contributed by atoms with van der Waals surface area (Å²) in [5.41, 5.74) is 3.17. The minimum atomic E-state index is -0.249. The van der Waals surface area contributed by atoms with Crippen LogP contribution in [0.1, 0.15) is 30.5 Å². The molecule has 2 amide bonds. The van der Waals surface area contributed by atoms with Crippen molar-refractivity contribution in [3.05, 3.63) is 59.9 Å². The van der Waals surface area contributed by atoms with Crippen LogP contribution in [0.4, 0.5) is 5.69 Å². The van der Waals surface area contributed by atoms with Gasteiger partial charge in [0.2, 0.25) is 11.8 Å². The molecule has 6 heteroatoms. The number of anilines is 1. The number of nitrogens with zero attached hydrogens (tertiary/aromatic N) is 4. The standard InChI is InChI=1S/C25H32N4O2/c1-19-6-8-23(9-7-19)29-18-20(17-24(29)30)25(31)27(2)22-11-15-28(16-12-22)14-10-21-5-3-4-13-26-21/h3-9,13,20,22H,10-12,14-18H2,1-2H3. The normalized spacial score (nSPS) is 20.3. The Morgan fingerprint density at radius 1 is 1.13 bits per heavy atom. The van der Waals surface area contributed by atoms with Crippen molar-refractivity contribution in [1.29, 1.82) is 0 Å². The number of carbonyl (C=O) groups excluding carboxylic acids is 2. The van der Waals surface area contributed by atoms with E-state index in [4.69, 9.17) is 0 Å². The van der Waals surface area contributed by atoms with Crippen molar-refractivity contribution < 1.29 is 9.59 Å². The van der Waals surface area contributed by atoms with Gasteiger partial charge in [-0.15, -0.1) is 0 Å². The van der Waals surface area contributed by atoms with Gasteiger partial charge in [-0.3, -0.25) is 14.6 Å². The monoisotopic (exact) mass is 420 g/mol. The first-order chi connectivity index (χ1) is 15.0. The summed E-state index contributed by atoms with van der Waals surface area (Å²) in [4.78, 5) is 36.2. The van der Waals surface area contributed by atoms with E-state index in [0.29, 0.717) is 13.0 Å². The van der Waals surface area contributed by atoms with Crippen LogP contribution in [-0.2, 0) is 16.0 Å². The lowest BCUT2D eigenvalue weighted by molar-refractivity contribution is -0.137. The van der Waals surface area contributed by atoms with Crippen LogP contribution >= 0.6 is 0 Å². The summed E-state index contributed by atoms with van der Waals surface area (Å²) in [6, 6.07) is 14.2. The molecule has 2 fully saturated rings. The van der Waals surface area contributed by atoms with Gasteiger partial charge in [0.05, 0.1) is 5.92 Å². The third kappa shape index (κ3) is 5.13. The van der Waals surface area contributed by atoms with Crippen LogP contribution in [0, 0.1) is 12.8 Å². The second kappa shape index (κ2) is 9.60. The van der Waals surface area contributed by atoms with Crippen molar-refractivity contribution in [2.24, 2.45) is 5.92 Å². The van der Waals surface area contributed by atoms with Crippen LogP contribution in [0.3, 0.4) is 0 Å². The molecule has 0 spiro atoms. The summed E-state index contributed by atoms with van der Waals surface area (Å²) in [6.45, 7) is 5.50. The Kier molecular flexibility index (Phi) is 6.66. The molecule has 3 heterocycles. The number of aromatic nitrogens is 1. The number of hydrogen-bond donors (Lipinski definition) is 0. The molecule has 31 heavy (non-hydrogen) atoms. The van der Waals surface area contributed by atoms with Crippen LogP contribution in [0.2, 0.25) is 0 Å². The number of hydrogen-bond acceptors (Lipinski definition) is 4. The Labute approximate surface area is 184 Å². The number of amides is 2.